The van der Waals surface area contributed by atoms with Gasteiger partial charge in [0.2, 0.25) is 0 Å². The molecule has 0 saturated carbocycles. The molecule has 0 aliphatic heterocycles. The Hall–Kier alpha value is -3.61. The minimum atomic E-state index is -0.377. The van der Waals surface area contributed by atoms with E-state index in [1.165, 1.54) is 0 Å². The van der Waals surface area contributed by atoms with Gasteiger partial charge in [-0.2, -0.15) is 10.2 Å². The van der Waals surface area contributed by atoms with Gasteiger partial charge in [-0.05, 0) is 36.8 Å². The lowest BCUT2D eigenvalue weighted by molar-refractivity contribution is 0.0950. The summed E-state index contributed by atoms with van der Waals surface area (Å²) in [5, 5.41) is 10.9. The summed E-state index contributed by atoms with van der Waals surface area (Å²) < 4.78 is 10.5. The van der Waals surface area contributed by atoms with Crippen LogP contribution in [-0.4, -0.2) is 36.5 Å². The van der Waals surface area contributed by atoms with Crippen molar-refractivity contribution in [2.75, 3.05) is 14.2 Å². The number of ether oxygens (including phenoxy) is 2. The number of hydrazone groups is 1. The number of nitrogens with zero attached hydrogens (tertiary/aromatic N) is 2. The third-order valence-electron chi connectivity index (χ3n) is 3.92. The second-order valence-corrected chi connectivity index (χ2v) is 5.85. The van der Waals surface area contributed by atoms with E-state index in [1.807, 2.05) is 37.3 Å². The van der Waals surface area contributed by atoms with Crippen LogP contribution in [0.4, 0.5) is 0 Å². The number of methoxy groups -OCH3 is 2. The molecular weight excluding hydrogens is 344 g/mol. The Morgan fingerprint density at radius 2 is 1.93 bits per heavy atom. The Bertz CT molecular complexity index is 979. The number of aromatic amines is 1. The quantitative estimate of drug-likeness (QED) is 0.519. The number of carbonyl (C=O) groups is 1. The lowest BCUT2D eigenvalue weighted by Gasteiger charge is -2.08. The first kappa shape index (κ1) is 18.2. The van der Waals surface area contributed by atoms with Gasteiger partial charge in [0, 0.05) is 5.56 Å². The van der Waals surface area contributed by atoms with E-state index in [0.717, 1.165) is 16.7 Å². The van der Waals surface area contributed by atoms with Crippen LogP contribution in [0, 0.1) is 6.92 Å². The van der Waals surface area contributed by atoms with Crippen molar-refractivity contribution in [2.24, 2.45) is 5.10 Å². The molecule has 0 radical (unpaired) electrons. The maximum Gasteiger partial charge on any atom is 0.289 e. The van der Waals surface area contributed by atoms with Crippen LogP contribution in [0.3, 0.4) is 0 Å². The summed E-state index contributed by atoms with van der Waals surface area (Å²) >= 11 is 0. The summed E-state index contributed by atoms with van der Waals surface area (Å²) in [6.45, 7) is 2.00. The number of hydrogen-bond donors (Lipinski definition) is 2. The largest absolute Gasteiger partial charge is 0.493 e. The lowest BCUT2D eigenvalue weighted by Crippen LogP contribution is -2.18. The van der Waals surface area contributed by atoms with Crippen LogP contribution >= 0.6 is 0 Å². The molecule has 1 amide bonds. The Morgan fingerprint density at radius 3 is 2.67 bits per heavy atom. The molecule has 0 aliphatic rings. The molecule has 0 spiro atoms. The first-order chi connectivity index (χ1) is 13.1. The van der Waals surface area contributed by atoms with E-state index < -0.39 is 0 Å². The van der Waals surface area contributed by atoms with Gasteiger partial charge in [-0.15, -0.1) is 0 Å². The number of rotatable bonds is 6. The summed E-state index contributed by atoms with van der Waals surface area (Å²) in [4.78, 5) is 12.2. The molecule has 0 saturated heterocycles. The van der Waals surface area contributed by atoms with Crippen molar-refractivity contribution < 1.29 is 14.3 Å². The highest BCUT2D eigenvalue weighted by atomic mass is 16.5. The maximum absolute atomic E-state index is 12.2. The first-order valence-electron chi connectivity index (χ1n) is 8.28. The van der Waals surface area contributed by atoms with Gasteiger partial charge in [-0.3, -0.25) is 9.89 Å². The maximum atomic E-state index is 12.2. The molecule has 3 rings (SSSR count). The van der Waals surface area contributed by atoms with Crippen LogP contribution in [-0.2, 0) is 0 Å². The molecule has 0 bridgehead atoms. The van der Waals surface area contributed by atoms with Gasteiger partial charge in [0.05, 0.1) is 26.1 Å². The standard InChI is InChI=1S/C20H20N4O3/c1-13-5-4-6-14(9-13)12-21-24-20(25)17-11-16(22-23-17)15-7-8-18(26-2)19(10-15)27-3/h4-12H,1-3H3,(H,22,23)(H,24,25)/b21-12-. The Labute approximate surface area is 157 Å². The highest BCUT2D eigenvalue weighted by Crippen LogP contribution is 2.31. The molecule has 1 aromatic heterocycles. The van der Waals surface area contributed by atoms with Crippen LogP contribution in [0.15, 0.2) is 53.6 Å². The molecule has 0 unspecified atom stereocenters. The fourth-order valence-electron chi connectivity index (χ4n) is 2.56. The third-order valence-corrected chi connectivity index (χ3v) is 3.92. The molecule has 0 atom stereocenters. The smallest absolute Gasteiger partial charge is 0.289 e. The van der Waals surface area contributed by atoms with Crippen LogP contribution in [0.5, 0.6) is 11.5 Å². The van der Waals surface area contributed by atoms with Crippen molar-refractivity contribution in [3.05, 3.63) is 65.4 Å². The summed E-state index contributed by atoms with van der Waals surface area (Å²) in [5.41, 5.74) is 6.24. The van der Waals surface area contributed by atoms with Gasteiger partial charge in [0.25, 0.3) is 5.91 Å². The fraction of sp³-hybridized carbons (Fsp3) is 0.150. The van der Waals surface area contributed by atoms with Crippen molar-refractivity contribution in [1.82, 2.24) is 15.6 Å². The van der Waals surface area contributed by atoms with Gasteiger partial charge >= 0.3 is 0 Å². The van der Waals surface area contributed by atoms with Crippen LogP contribution in [0.25, 0.3) is 11.3 Å². The highest BCUT2D eigenvalue weighted by Gasteiger charge is 2.12. The Balaban J connectivity index is 1.70. The van der Waals surface area contributed by atoms with Gasteiger partial charge < -0.3 is 9.47 Å². The van der Waals surface area contributed by atoms with Crippen molar-refractivity contribution in [2.45, 2.75) is 6.92 Å². The van der Waals surface area contributed by atoms with Gasteiger partial charge in [-0.1, -0.05) is 29.8 Å². The molecule has 2 N–H and O–H groups in total. The van der Waals surface area contributed by atoms with Crippen LogP contribution in [0.2, 0.25) is 0 Å². The first-order valence-corrected chi connectivity index (χ1v) is 8.28. The number of H-pyrrole nitrogens is 1. The number of amides is 1. The SMILES string of the molecule is COc1ccc(-c2cc(C(=O)N/N=C\c3cccc(C)c3)[nH]n2)cc1OC. The van der Waals surface area contributed by atoms with Crippen molar-refractivity contribution in [3.63, 3.8) is 0 Å². The van der Waals surface area contributed by atoms with E-state index in [4.69, 9.17) is 9.47 Å². The second-order valence-electron chi connectivity index (χ2n) is 5.85. The van der Waals surface area contributed by atoms with Crippen molar-refractivity contribution >= 4 is 12.1 Å². The minimum Gasteiger partial charge on any atom is -0.493 e. The van der Waals surface area contributed by atoms with Gasteiger partial charge in [0.1, 0.15) is 5.69 Å². The van der Waals surface area contributed by atoms with E-state index in [-0.39, 0.29) is 5.91 Å². The summed E-state index contributed by atoms with van der Waals surface area (Å²) in [6.07, 6.45) is 1.59. The molecule has 1 heterocycles. The molecule has 0 aliphatic carbocycles. The predicted octanol–water partition coefficient (Wildman–Crippen LogP) is 3.17. The van der Waals surface area contributed by atoms with E-state index in [2.05, 4.69) is 20.7 Å². The molecule has 27 heavy (non-hydrogen) atoms. The van der Waals surface area contributed by atoms with Crippen molar-refractivity contribution in [1.29, 1.82) is 0 Å². The normalized spacial score (nSPS) is 10.8. The van der Waals surface area contributed by atoms with Gasteiger partial charge in [-0.25, -0.2) is 5.43 Å². The molecule has 3 aromatic rings. The minimum absolute atomic E-state index is 0.307. The average molecular weight is 364 g/mol. The predicted molar refractivity (Wildman–Crippen MR) is 103 cm³/mol. The monoisotopic (exact) mass is 364 g/mol. The highest BCUT2D eigenvalue weighted by molar-refractivity contribution is 5.94. The van der Waals surface area contributed by atoms with E-state index >= 15 is 0 Å². The number of carbonyl (C=O) groups excluding carboxylic acids is 1. The number of nitrogens with one attached hydrogen (secondary N) is 2. The number of benzene rings is 2. The van der Waals surface area contributed by atoms with Gasteiger partial charge in [0.15, 0.2) is 11.5 Å². The summed E-state index contributed by atoms with van der Waals surface area (Å²) in [7, 11) is 3.14. The zero-order valence-electron chi connectivity index (χ0n) is 15.3. The summed E-state index contributed by atoms with van der Waals surface area (Å²) in [5.74, 6) is 0.838. The summed E-state index contributed by atoms with van der Waals surface area (Å²) in [6, 6.07) is 14.9. The number of aryl methyl sites for hydroxylation is 1. The fourth-order valence-corrected chi connectivity index (χ4v) is 2.56. The molecule has 0 fully saturated rings. The molecular formula is C20H20N4O3. The average Bonchev–Trinajstić information content (AvgIpc) is 3.17. The van der Waals surface area contributed by atoms with Crippen molar-refractivity contribution in [3.8, 4) is 22.8 Å². The molecule has 138 valence electrons. The molecule has 7 nitrogen and oxygen atoms in total. The topological polar surface area (TPSA) is 88.6 Å². The zero-order chi connectivity index (χ0) is 19.2. The van der Waals surface area contributed by atoms with E-state index in [1.54, 1.807) is 38.6 Å². The lowest BCUT2D eigenvalue weighted by atomic mass is 10.1. The van der Waals surface area contributed by atoms with E-state index in [9.17, 15) is 4.79 Å². The van der Waals surface area contributed by atoms with Crippen LogP contribution in [0.1, 0.15) is 21.6 Å². The Kier molecular flexibility index (Phi) is 5.51. The molecule has 2 aromatic carbocycles. The van der Waals surface area contributed by atoms with E-state index in [0.29, 0.717) is 22.9 Å². The number of hydrogen-bond acceptors (Lipinski definition) is 5. The van der Waals surface area contributed by atoms with Crippen LogP contribution < -0.4 is 14.9 Å². The Morgan fingerprint density at radius 1 is 1.11 bits per heavy atom. The zero-order valence-corrected chi connectivity index (χ0v) is 15.3. The molecule has 7 heteroatoms. The second kappa shape index (κ2) is 8.18. The number of aromatic nitrogens is 2. The third kappa shape index (κ3) is 4.33.